The van der Waals surface area contributed by atoms with Gasteiger partial charge < -0.3 is 11.1 Å². The first kappa shape index (κ1) is 14.0. The monoisotopic (exact) mass is 290 g/mol. The van der Waals surface area contributed by atoms with Gasteiger partial charge in [-0.25, -0.2) is 0 Å². The van der Waals surface area contributed by atoms with E-state index in [1.807, 2.05) is 12.1 Å². The van der Waals surface area contributed by atoms with Crippen molar-refractivity contribution in [1.29, 1.82) is 0 Å². The van der Waals surface area contributed by atoms with Crippen LogP contribution in [0, 0.1) is 5.92 Å². The molecule has 0 bridgehead atoms. The Hall–Kier alpha value is -1.00. The number of nitrogens with one attached hydrogen (secondary N) is 1. The van der Waals surface area contributed by atoms with E-state index in [0.717, 1.165) is 18.6 Å². The number of hydrogen-bond acceptors (Lipinski definition) is 3. The number of amides is 1. The van der Waals surface area contributed by atoms with Crippen LogP contribution >= 0.6 is 11.8 Å². The molecular formula is C16H22N2OS. The lowest BCUT2D eigenvalue weighted by Crippen LogP contribution is -2.46. The van der Waals surface area contributed by atoms with Crippen molar-refractivity contribution in [3.8, 4) is 0 Å². The summed E-state index contributed by atoms with van der Waals surface area (Å²) in [5.41, 5.74) is 7.03. The van der Waals surface area contributed by atoms with Gasteiger partial charge in [0.2, 0.25) is 5.91 Å². The number of fused-ring (bicyclic) bond motifs is 1. The van der Waals surface area contributed by atoms with Gasteiger partial charge in [-0.2, -0.15) is 0 Å². The first-order chi connectivity index (χ1) is 9.79. The van der Waals surface area contributed by atoms with Crippen LogP contribution in [0.15, 0.2) is 29.2 Å². The topological polar surface area (TPSA) is 55.1 Å². The Kier molecular flexibility index (Phi) is 4.32. The van der Waals surface area contributed by atoms with Crippen molar-refractivity contribution in [1.82, 2.24) is 5.32 Å². The molecule has 3 nitrogen and oxygen atoms in total. The number of benzene rings is 1. The molecule has 0 saturated heterocycles. The summed E-state index contributed by atoms with van der Waals surface area (Å²) in [7, 11) is 0. The van der Waals surface area contributed by atoms with Crippen molar-refractivity contribution in [3.63, 3.8) is 0 Å². The number of thioether (sulfide) groups is 1. The molecule has 4 heteroatoms. The van der Waals surface area contributed by atoms with Crippen LogP contribution in [0.1, 0.15) is 37.2 Å². The summed E-state index contributed by atoms with van der Waals surface area (Å²) >= 11 is 1.79. The molecule has 1 aliphatic carbocycles. The van der Waals surface area contributed by atoms with Crippen LogP contribution in [-0.2, 0) is 4.79 Å². The third-order valence-electron chi connectivity index (χ3n) is 4.56. The molecule has 1 aliphatic heterocycles. The van der Waals surface area contributed by atoms with Gasteiger partial charge in [0.1, 0.15) is 0 Å². The zero-order chi connectivity index (χ0) is 13.9. The SMILES string of the molecule is NCC1CCCCC1NC(=O)C1CSc2ccccc21. The van der Waals surface area contributed by atoms with Crippen LogP contribution in [0.4, 0.5) is 0 Å². The lowest BCUT2D eigenvalue weighted by molar-refractivity contribution is -0.123. The first-order valence-electron chi connectivity index (χ1n) is 7.51. The van der Waals surface area contributed by atoms with Gasteiger partial charge in [0, 0.05) is 16.7 Å². The molecule has 0 radical (unpaired) electrons. The Bertz CT molecular complexity index is 491. The van der Waals surface area contributed by atoms with Crippen LogP contribution < -0.4 is 11.1 Å². The number of nitrogens with two attached hydrogens (primary N) is 1. The van der Waals surface area contributed by atoms with E-state index >= 15 is 0 Å². The van der Waals surface area contributed by atoms with Crippen molar-refractivity contribution >= 4 is 17.7 Å². The average molecular weight is 290 g/mol. The maximum Gasteiger partial charge on any atom is 0.228 e. The summed E-state index contributed by atoms with van der Waals surface area (Å²) in [4.78, 5) is 13.8. The fourth-order valence-electron chi connectivity index (χ4n) is 3.34. The van der Waals surface area contributed by atoms with E-state index in [-0.39, 0.29) is 17.9 Å². The molecule has 108 valence electrons. The standard InChI is InChI=1S/C16H22N2OS/c17-9-11-5-1-3-7-14(11)18-16(19)13-10-20-15-8-4-2-6-12(13)15/h2,4,6,8,11,13-14H,1,3,5,7,9-10,17H2,(H,18,19). The average Bonchev–Trinajstić information content (AvgIpc) is 2.92. The predicted molar refractivity (Wildman–Crippen MR) is 82.9 cm³/mol. The molecule has 3 unspecified atom stereocenters. The highest BCUT2D eigenvalue weighted by atomic mass is 32.2. The van der Waals surface area contributed by atoms with Crippen LogP contribution in [0.25, 0.3) is 0 Å². The molecule has 3 N–H and O–H groups in total. The fourth-order valence-corrected chi connectivity index (χ4v) is 4.57. The molecule has 3 atom stereocenters. The summed E-state index contributed by atoms with van der Waals surface area (Å²) in [6, 6.07) is 8.53. The van der Waals surface area contributed by atoms with E-state index in [1.165, 1.54) is 23.3 Å². The summed E-state index contributed by atoms with van der Waals surface area (Å²) in [5, 5.41) is 3.27. The molecule has 0 aromatic heterocycles. The van der Waals surface area contributed by atoms with E-state index < -0.39 is 0 Å². The summed E-state index contributed by atoms with van der Waals surface area (Å²) in [6.07, 6.45) is 4.68. The molecule has 0 spiro atoms. The first-order valence-corrected chi connectivity index (χ1v) is 8.50. The Labute approximate surface area is 124 Å². The van der Waals surface area contributed by atoms with E-state index in [2.05, 4.69) is 17.4 Å². The molecule has 1 saturated carbocycles. The lowest BCUT2D eigenvalue weighted by atomic mass is 9.84. The van der Waals surface area contributed by atoms with Crippen molar-refractivity contribution < 1.29 is 4.79 Å². The molecule has 1 heterocycles. The Morgan fingerprint density at radius 2 is 2.10 bits per heavy atom. The van der Waals surface area contributed by atoms with E-state index in [0.29, 0.717) is 12.5 Å². The zero-order valence-corrected chi connectivity index (χ0v) is 12.5. The summed E-state index contributed by atoms with van der Waals surface area (Å²) in [6.45, 7) is 0.681. The Balaban J connectivity index is 1.68. The molecule has 3 rings (SSSR count). The minimum atomic E-state index is 0.0107. The van der Waals surface area contributed by atoms with Gasteiger partial charge in [-0.15, -0.1) is 11.8 Å². The maximum absolute atomic E-state index is 12.6. The number of carbonyl (C=O) groups is 1. The Morgan fingerprint density at radius 1 is 1.30 bits per heavy atom. The summed E-state index contributed by atoms with van der Waals surface area (Å²) < 4.78 is 0. The van der Waals surface area contributed by atoms with Gasteiger partial charge in [0.05, 0.1) is 5.92 Å². The van der Waals surface area contributed by atoms with Crippen molar-refractivity contribution in [3.05, 3.63) is 29.8 Å². The van der Waals surface area contributed by atoms with Crippen LogP contribution in [0.5, 0.6) is 0 Å². The molecule has 20 heavy (non-hydrogen) atoms. The highest BCUT2D eigenvalue weighted by Gasteiger charge is 2.32. The number of carbonyl (C=O) groups excluding carboxylic acids is 1. The third kappa shape index (κ3) is 2.72. The van der Waals surface area contributed by atoms with Gasteiger partial charge in [-0.3, -0.25) is 4.79 Å². The van der Waals surface area contributed by atoms with Gasteiger partial charge in [-0.1, -0.05) is 31.0 Å². The molecule has 1 amide bonds. The van der Waals surface area contributed by atoms with Crippen LogP contribution in [0.3, 0.4) is 0 Å². The quantitative estimate of drug-likeness (QED) is 0.899. The molecule has 1 aromatic rings. The van der Waals surface area contributed by atoms with E-state index in [4.69, 9.17) is 5.73 Å². The second kappa shape index (κ2) is 6.19. The second-order valence-corrected chi connectivity index (χ2v) is 6.86. The number of rotatable bonds is 3. The molecule has 1 fully saturated rings. The second-order valence-electron chi connectivity index (χ2n) is 5.80. The van der Waals surface area contributed by atoms with Crippen LogP contribution in [0.2, 0.25) is 0 Å². The van der Waals surface area contributed by atoms with Gasteiger partial charge in [0.15, 0.2) is 0 Å². The lowest BCUT2D eigenvalue weighted by Gasteiger charge is -2.32. The smallest absolute Gasteiger partial charge is 0.228 e. The van der Waals surface area contributed by atoms with Crippen molar-refractivity contribution in [2.24, 2.45) is 11.7 Å². The minimum Gasteiger partial charge on any atom is -0.352 e. The largest absolute Gasteiger partial charge is 0.352 e. The molecule has 1 aromatic carbocycles. The molecular weight excluding hydrogens is 268 g/mol. The highest BCUT2D eigenvalue weighted by Crippen LogP contribution is 2.39. The Morgan fingerprint density at radius 3 is 2.95 bits per heavy atom. The van der Waals surface area contributed by atoms with Crippen molar-refractivity contribution in [2.45, 2.75) is 42.5 Å². The third-order valence-corrected chi connectivity index (χ3v) is 5.74. The fraction of sp³-hybridized carbons (Fsp3) is 0.562. The number of hydrogen-bond donors (Lipinski definition) is 2. The van der Waals surface area contributed by atoms with E-state index in [9.17, 15) is 4.79 Å². The predicted octanol–water partition coefficient (Wildman–Crippen LogP) is 2.51. The van der Waals surface area contributed by atoms with Gasteiger partial charge in [-0.05, 0) is 36.9 Å². The van der Waals surface area contributed by atoms with Gasteiger partial charge >= 0.3 is 0 Å². The van der Waals surface area contributed by atoms with Gasteiger partial charge in [0.25, 0.3) is 0 Å². The summed E-state index contributed by atoms with van der Waals surface area (Å²) in [5.74, 6) is 1.52. The normalized spacial score (nSPS) is 28.9. The minimum absolute atomic E-state index is 0.0107. The van der Waals surface area contributed by atoms with Crippen molar-refractivity contribution in [2.75, 3.05) is 12.3 Å². The highest BCUT2D eigenvalue weighted by molar-refractivity contribution is 7.99. The molecule has 2 aliphatic rings. The maximum atomic E-state index is 12.6. The zero-order valence-electron chi connectivity index (χ0n) is 11.7. The van der Waals surface area contributed by atoms with Crippen LogP contribution in [-0.4, -0.2) is 24.2 Å². The van der Waals surface area contributed by atoms with E-state index in [1.54, 1.807) is 11.8 Å².